The second kappa shape index (κ2) is 2.66. The third-order valence-electron chi connectivity index (χ3n) is 1.43. The number of carbonyl (C=O) groups excluding carboxylic acids is 2. The predicted octanol–water partition coefficient (Wildman–Crippen LogP) is -1.42. The van der Waals surface area contributed by atoms with Gasteiger partial charge in [0.05, 0.1) is 0 Å². The van der Waals surface area contributed by atoms with Crippen molar-refractivity contribution in [3.05, 3.63) is 0 Å². The first-order valence-corrected chi connectivity index (χ1v) is 3.00. The molecule has 1 radical (unpaired) electrons. The summed E-state index contributed by atoms with van der Waals surface area (Å²) in [5, 5.41) is 2.43. The van der Waals surface area contributed by atoms with E-state index in [1.165, 1.54) is 0 Å². The molecule has 0 unspecified atom stereocenters. The highest BCUT2D eigenvalue weighted by Crippen LogP contribution is 2.05. The van der Waals surface area contributed by atoms with Gasteiger partial charge in [0.25, 0.3) is 5.91 Å². The molecule has 0 saturated carbocycles. The molecule has 1 rings (SSSR count). The molecule has 0 spiro atoms. The number of amides is 2. The fraction of sp³-hybridized carbons (Fsp3) is 0.600. The molecule has 1 fully saturated rings. The van der Waals surface area contributed by atoms with Gasteiger partial charge in [-0.1, -0.05) is 0 Å². The van der Waals surface area contributed by atoms with Gasteiger partial charge in [-0.25, -0.2) is 0 Å². The lowest BCUT2D eigenvalue weighted by Crippen LogP contribution is -2.40. The van der Waals surface area contributed by atoms with Gasteiger partial charge in [0.1, 0.15) is 6.04 Å². The van der Waals surface area contributed by atoms with Crippen molar-refractivity contribution < 1.29 is 9.59 Å². The van der Waals surface area contributed by atoms with E-state index in [1.807, 2.05) is 0 Å². The second-order valence-corrected chi connectivity index (χ2v) is 2.15. The fourth-order valence-corrected chi connectivity index (χ4v) is 0.898. The molecule has 0 bridgehead atoms. The zero-order valence-electron chi connectivity index (χ0n) is 5.31. The standard InChI is InChI=1S/C5H8N3O2/c6-8-5(10)3-1-2-4(9)7-3/h3,6H,1-2H2,(H,7,9)(H,8,10)/t3-/m1/s1. The highest BCUT2D eigenvalue weighted by Gasteiger charge is 2.26. The number of hydrogen-bond acceptors (Lipinski definition) is 2. The molecule has 0 aliphatic carbocycles. The van der Waals surface area contributed by atoms with Crippen LogP contribution >= 0.6 is 0 Å². The van der Waals surface area contributed by atoms with Gasteiger partial charge in [-0.15, -0.1) is 0 Å². The van der Waals surface area contributed by atoms with Crippen LogP contribution in [0.3, 0.4) is 0 Å². The number of hydrogen-bond donors (Lipinski definition) is 2. The number of nitrogens with one attached hydrogen (secondary N) is 3. The van der Waals surface area contributed by atoms with E-state index in [0.717, 1.165) is 0 Å². The molecule has 0 aromatic carbocycles. The van der Waals surface area contributed by atoms with Gasteiger partial charge >= 0.3 is 0 Å². The van der Waals surface area contributed by atoms with Crippen LogP contribution < -0.4 is 16.6 Å². The van der Waals surface area contributed by atoms with E-state index < -0.39 is 11.9 Å². The van der Waals surface area contributed by atoms with Crippen LogP contribution in [-0.4, -0.2) is 17.9 Å². The molecule has 55 valence electrons. The van der Waals surface area contributed by atoms with Crippen LogP contribution in [0.5, 0.6) is 0 Å². The minimum absolute atomic E-state index is 0.117. The fourth-order valence-electron chi connectivity index (χ4n) is 0.898. The first kappa shape index (κ1) is 7.01. The largest absolute Gasteiger partial charge is 0.344 e. The van der Waals surface area contributed by atoms with E-state index in [1.54, 1.807) is 5.43 Å². The molecule has 5 nitrogen and oxygen atoms in total. The lowest BCUT2D eigenvalue weighted by molar-refractivity contribution is -0.125. The maximum absolute atomic E-state index is 10.6. The Bertz CT molecular complexity index is 168. The highest BCUT2D eigenvalue weighted by atomic mass is 16.2. The minimum Gasteiger partial charge on any atom is -0.344 e. The Balaban J connectivity index is 2.44. The quantitative estimate of drug-likeness (QED) is 0.440. The molecular formula is C5H8N3O2. The molecule has 1 aliphatic rings. The Morgan fingerprint density at radius 2 is 2.50 bits per heavy atom. The van der Waals surface area contributed by atoms with Crippen LogP contribution in [0, 0.1) is 0 Å². The summed E-state index contributed by atoms with van der Waals surface area (Å²) >= 11 is 0. The molecule has 1 saturated heterocycles. The molecule has 5 heteroatoms. The molecule has 0 aromatic heterocycles. The summed E-state index contributed by atoms with van der Waals surface area (Å²) in [6, 6.07) is -0.481. The first-order valence-electron chi connectivity index (χ1n) is 3.00. The Hall–Kier alpha value is -1.10. The zero-order chi connectivity index (χ0) is 7.56. The molecule has 1 heterocycles. The predicted molar refractivity (Wildman–Crippen MR) is 32.4 cm³/mol. The third kappa shape index (κ3) is 1.24. The Morgan fingerprint density at radius 3 is 2.90 bits per heavy atom. The summed E-state index contributed by atoms with van der Waals surface area (Å²) in [6.45, 7) is 0. The van der Waals surface area contributed by atoms with Crippen LogP contribution in [0.4, 0.5) is 0 Å². The second-order valence-electron chi connectivity index (χ2n) is 2.15. The Labute approximate surface area is 57.9 Å². The molecule has 1 atom stereocenters. The van der Waals surface area contributed by atoms with E-state index >= 15 is 0 Å². The third-order valence-corrected chi connectivity index (χ3v) is 1.43. The van der Waals surface area contributed by atoms with Crippen LogP contribution in [0.25, 0.3) is 0 Å². The van der Waals surface area contributed by atoms with E-state index in [9.17, 15) is 9.59 Å². The molecule has 10 heavy (non-hydrogen) atoms. The van der Waals surface area contributed by atoms with Crippen molar-refractivity contribution in [2.24, 2.45) is 0 Å². The summed E-state index contributed by atoms with van der Waals surface area (Å²) in [5.41, 5.74) is 1.72. The van der Waals surface area contributed by atoms with E-state index in [4.69, 9.17) is 5.84 Å². The molecular weight excluding hydrogens is 134 g/mol. The molecule has 0 aromatic rings. The monoisotopic (exact) mass is 142 g/mol. The van der Waals surface area contributed by atoms with Crippen molar-refractivity contribution in [1.82, 2.24) is 16.6 Å². The van der Waals surface area contributed by atoms with Gasteiger partial charge in [-0.05, 0) is 6.42 Å². The van der Waals surface area contributed by atoms with Crippen LogP contribution in [-0.2, 0) is 9.59 Å². The molecule has 3 N–H and O–H groups in total. The van der Waals surface area contributed by atoms with Crippen LogP contribution in [0.1, 0.15) is 12.8 Å². The van der Waals surface area contributed by atoms with Gasteiger partial charge in [-0.2, -0.15) is 5.84 Å². The normalized spacial score (nSPS) is 24.1. The average molecular weight is 142 g/mol. The topological polar surface area (TPSA) is 82.0 Å². The van der Waals surface area contributed by atoms with Crippen molar-refractivity contribution in [1.29, 1.82) is 0 Å². The summed E-state index contributed by atoms with van der Waals surface area (Å²) in [4.78, 5) is 21.2. The molecule has 2 amide bonds. The number of rotatable bonds is 1. The Kier molecular flexibility index (Phi) is 1.86. The van der Waals surface area contributed by atoms with E-state index in [-0.39, 0.29) is 5.91 Å². The van der Waals surface area contributed by atoms with Gasteiger partial charge < -0.3 is 5.32 Å². The van der Waals surface area contributed by atoms with Crippen LogP contribution in [0.15, 0.2) is 0 Å². The number of carbonyl (C=O) groups is 2. The summed E-state index contributed by atoms with van der Waals surface area (Å²) < 4.78 is 0. The van der Waals surface area contributed by atoms with Crippen LogP contribution in [0.2, 0.25) is 0 Å². The van der Waals surface area contributed by atoms with E-state index in [2.05, 4.69) is 5.32 Å². The summed E-state index contributed by atoms with van der Waals surface area (Å²) in [7, 11) is 0. The SMILES string of the molecule is [NH]NC(=O)[C@H]1CCC(=O)N1. The molecule has 1 aliphatic heterocycles. The highest BCUT2D eigenvalue weighted by molar-refractivity contribution is 5.90. The van der Waals surface area contributed by atoms with Gasteiger partial charge in [0.2, 0.25) is 5.91 Å². The smallest absolute Gasteiger partial charge is 0.257 e. The van der Waals surface area contributed by atoms with Crippen molar-refractivity contribution in [2.45, 2.75) is 18.9 Å². The summed E-state index contributed by atoms with van der Waals surface area (Å²) in [5.74, 6) is 5.93. The Morgan fingerprint density at radius 1 is 1.80 bits per heavy atom. The van der Waals surface area contributed by atoms with E-state index in [0.29, 0.717) is 12.8 Å². The van der Waals surface area contributed by atoms with Gasteiger partial charge in [0, 0.05) is 6.42 Å². The lowest BCUT2D eigenvalue weighted by atomic mass is 10.2. The summed E-state index contributed by atoms with van der Waals surface area (Å²) in [6.07, 6.45) is 0.891. The maximum Gasteiger partial charge on any atom is 0.257 e. The first-order chi connectivity index (χ1) is 4.74. The lowest BCUT2D eigenvalue weighted by Gasteiger charge is -2.04. The zero-order valence-corrected chi connectivity index (χ0v) is 5.31. The van der Waals surface area contributed by atoms with Crippen molar-refractivity contribution >= 4 is 11.8 Å². The van der Waals surface area contributed by atoms with Crippen molar-refractivity contribution in [2.75, 3.05) is 0 Å². The minimum atomic E-state index is -0.481. The maximum atomic E-state index is 10.6. The van der Waals surface area contributed by atoms with Crippen molar-refractivity contribution in [3.63, 3.8) is 0 Å². The average Bonchev–Trinajstić information content (AvgIpc) is 2.34. The van der Waals surface area contributed by atoms with Gasteiger partial charge in [0.15, 0.2) is 0 Å². The van der Waals surface area contributed by atoms with Gasteiger partial charge in [-0.3, -0.25) is 15.0 Å². The van der Waals surface area contributed by atoms with Crippen molar-refractivity contribution in [3.8, 4) is 0 Å².